The molecule has 0 amide bonds. The number of aliphatic hydroxyl groups excluding tert-OH is 1. The largest absolute Gasteiger partial charge is 0.469 e. The van der Waals surface area contributed by atoms with Crippen molar-refractivity contribution in [2.45, 2.75) is 32.3 Å². The smallest absolute Gasteiger partial charge is 0.305 e. The third-order valence-corrected chi connectivity index (χ3v) is 3.07. The lowest BCUT2D eigenvalue weighted by Crippen LogP contribution is -2.25. The summed E-state index contributed by atoms with van der Waals surface area (Å²) >= 11 is 0. The van der Waals surface area contributed by atoms with Crippen LogP contribution >= 0.6 is 0 Å². The number of carbonyl (C=O) groups is 1. The zero-order chi connectivity index (χ0) is 11.3. The van der Waals surface area contributed by atoms with Crippen LogP contribution in [0.1, 0.15) is 26.2 Å². The van der Waals surface area contributed by atoms with Gasteiger partial charge in [0.2, 0.25) is 0 Å². The molecule has 0 radical (unpaired) electrons. The van der Waals surface area contributed by atoms with Crippen molar-refractivity contribution in [3.05, 3.63) is 0 Å². The van der Waals surface area contributed by atoms with Crippen LogP contribution in [0, 0.1) is 5.92 Å². The first-order valence-electron chi connectivity index (χ1n) is 5.60. The molecule has 88 valence electrons. The number of aliphatic hydroxyl groups is 1. The van der Waals surface area contributed by atoms with Gasteiger partial charge in [-0.05, 0) is 38.8 Å². The van der Waals surface area contributed by atoms with Gasteiger partial charge in [0.15, 0.2) is 0 Å². The Morgan fingerprint density at radius 3 is 2.93 bits per heavy atom. The number of hydrogen-bond donors (Lipinski definition) is 1. The molecule has 2 unspecified atom stereocenters. The van der Waals surface area contributed by atoms with E-state index in [4.69, 9.17) is 0 Å². The van der Waals surface area contributed by atoms with Gasteiger partial charge in [-0.2, -0.15) is 0 Å². The van der Waals surface area contributed by atoms with Crippen LogP contribution in [0.2, 0.25) is 0 Å². The Morgan fingerprint density at radius 1 is 1.67 bits per heavy atom. The van der Waals surface area contributed by atoms with Gasteiger partial charge in [-0.15, -0.1) is 0 Å². The molecule has 1 heterocycles. The Kier molecular flexibility index (Phi) is 5.05. The Labute approximate surface area is 91.2 Å². The second-order valence-electron chi connectivity index (χ2n) is 4.27. The van der Waals surface area contributed by atoms with E-state index in [0.29, 0.717) is 12.3 Å². The first-order chi connectivity index (χ1) is 7.13. The normalized spacial score (nSPS) is 24.1. The molecule has 1 saturated heterocycles. The molecule has 1 fully saturated rings. The Morgan fingerprint density at radius 2 is 2.40 bits per heavy atom. The van der Waals surface area contributed by atoms with E-state index in [1.54, 1.807) is 0 Å². The van der Waals surface area contributed by atoms with Crippen LogP contribution in [-0.4, -0.2) is 48.8 Å². The van der Waals surface area contributed by atoms with Gasteiger partial charge in [0.05, 0.1) is 13.2 Å². The highest BCUT2D eigenvalue weighted by molar-refractivity contribution is 5.69. The van der Waals surface area contributed by atoms with E-state index in [-0.39, 0.29) is 12.1 Å². The highest BCUT2D eigenvalue weighted by Gasteiger charge is 2.25. The molecule has 1 aliphatic heterocycles. The lowest BCUT2D eigenvalue weighted by Gasteiger charge is -2.16. The fourth-order valence-corrected chi connectivity index (χ4v) is 2.01. The van der Waals surface area contributed by atoms with Crippen molar-refractivity contribution in [1.82, 2.24) is 4.90 Å². The predicted octanol–water partition coefficient (Wildman–Crippen LogP) is 0.642. The van der Waals surface area contributed by atoms with Crippen LogP contribution in [0.4, 0.5) is 0 Å². The quantitative estimate of drug-likeness (QED) is 0.684. The third-order valence-electron chi connectivity index (χ3n) is 3.07. The summed E-state index contributed by atoms with van der Waals surface area (Å²) in [6, 6.07) is 0. The van der Waals surface area contributed by atoms with E-state index in [0.717, 1.165) is 32.5 Å². The van der Waals surface area contributed by atoms with Gasteiger partial charge in [0, 0.05) is 13.0 Å². The van der Waals surface area contributed by atoms with E-state index in [2.05, 4.69) is 9.64 Å². The van der Waals surface area contributed by atoms with E-state index in [1.165, 1.54) is 7.11 Å². The van der Waals surface area contributed by atoms with Crippen molar-refractivity contribution >= 4 is 5.97 Å². The van der Waals surface area contributed by atoms with Crippen LogP contribution in [-0.2, 0) is 9.53 Å². The van der Waals surface area contributed by atoms with Crippen molar-refractivity contribution in [2.75, 3.05) is 26.7 Å². The van der Waals surface area contributed by atoms with Gasteiger partial charge in [-0.1, -0.05) is 0 Å². The molecule has 0 bridgehead atoms. The molecule has 0 spiro atoms. The maximum absolute atomic E-state index is 10.9. The molecular weight excluding hydrogens is 194 g/mol. The van der Waals surface area contributed by atoms with Crippen LogP contribution in [0.3, 0.4) is 0 Å². The zero-order valence-electron chi connectivity index (χ0n) is 9.61. The molecule has 0 aromatic heterocycles. The molecule has 0 saturated carbocycles. The lowest BCUT2D eigenvalue weighted by atomic mass is 10.0. The summed E-state index contributed by atoms with van der Waals surface area (Å²) in [6.07, 6.45) is 2.19. The maximum Gasteiger partial charge on any atom is 0.305 e. The molecule has 1 rings (SSSR count). The average Bonchev–Trinajstić information content (AvgIpc) is 2.66. The van der Waals surface area contributed by atoms with Gasteiger partial charge in [0.25, 0.3) is 0 Å². The number of methoxy groups -OCH3 is 1. The maximum atomic E-state index is 10.9. The number of rotatable bonds is 5. The van der Waals surface area contributed by atoms with E-state index in [9.17, 15) is 9.90 Å². The Hall–Kier alpha value is -0.610. The number of nitrogens with zero attached hydrogens (tertiary/aromatic N) is 1. The molecule has 0 aromatic carbocycles. The standard InChI is InChI=1S/C11H21NO3/c1-9(13)10-5-7-12(8-10)6-3-4-11(14)15-2/h9-10,13H,3-8H2,1-2H3. The van der Waals surface area contributed by atoms with Gasteiger partial charge in [-0.3, -0.25) is 4.79 Å². The topological polar surface area (TPSA) is 49.8 Å². The monoisotopic (exact) mass is 215 g/mol. The number of likely N-dealkylation sites (tertiary alicyclic amines) is 1. The average molecular weight is 215 g/mol. The second kappa shape index (κ2) is 6.08. The molecule has 0 aliphatic carbocycles. The highest BCUT2D eigenvalue weighted by Crippen LogP contribution is 2.19. The van der Waals surface area contributed by atoms with Crippen molar-refractivity contribution in [3.8, 4) is 0 Å². The molecule has 1 N–H and O–H groups in total. The summed E-state index contributed by atoms with van der Waals surface area (Å²) in [4.78, 5) is 13.2. The minimum Gasteiger partial charge on any atom is -0.469 e. The van der Waals surface area contributed by atoms with Crippen molar-refractivity contribution in [2.24, 2.45) is 5.92 Å². The van der Waals surface area contributed by atoms with Gasteiger partial charge in [0.1, 0.15) is 0 Å². The number of hydrogen-bond acceptors (Lipinski definition) is 4. The molecule has 1 aliphatic rings. The van der Waals surface area contributed by atoms with E-state index >= 15 is 0 Å². The van der Waals surface area contributed by atoms with Crippen LogP contribution in [0.15, 0.2) is 0 Å². The summed E-state index contributed by atoms with van der Waals surface area (Å²) in [6.45, 7) is 4.77. The van der Waals surface area contributed by atoms with Gasteiger partial charge >= 0.3 is 5.97 Å². The summed E-state index contributed by atoms with van der Waals surface area (Å²) < 4.78 is 4.58. The van der Waals surface area contributed by atoms with Crippen LogP contribution < -0.4 is 0 Å². The summed E-state index contributed by atoms with van der Waals surface area (Å²) in [5.41, 5.74) is 0. The van der Waals surface area contributed by atoms with Crippen LogP contribution in [0.25, 0.3) is 0 Å². The summed E-state index contributed by atoms with van der Waals surface area (Å²) in [7, 11) is 1.42. The highest BCUT2D eigenvalue weighted by atomic mass is 16.5. The number of ether oxygens (including phenoxy) is 1. The first-order valence-corrected chi connectivity index (χ1v) is 5.60. The molecule has 0 aromatic rings. The van der Waals surface area contributed by atoms with Crippen molar-refractivity contribution in [3.63, 3.8) is 0 Å². The predicted molar refractivity (Wildman–Crippen MR) is 57.5 cm³/mol. The molecule has 2 atom stereocenters. The summed E-state index contributed by atoms with van der Waals surface area (Å²) in [5.74, 6) is 0.268. The van der Waals surface area contributed by atoms with Crippen LogP contribution in [0.5, 0.6) is 0 Å². The number of esters is 1. The van der Waals surface area contributed by atoms with Crippen molar-refractivity contribution in [1.29, 1.82) is 0 Å². The zero-order valence-corrected chi connectivity index (χ0v) is 9.61. The van der Waals surface area contributed by atoms with Gasteiger partial charge in [-0.25, -0.2) is 0 Å². The molecule has 4 heteroatoms. The fourth-order valence-electron chi connectivity index (χ4n) is 2.01. The third kappa shape index (κ3) is 4.18. The molecular formula is C11H21NO3. The minimum atomic E-state index is -0.212. The lowest BCUT2D eigenvalue weighted by molar-refractivity contribution is -0.140. The second-order valence-corrected chi connectivity index (χ2v) is 4.27. The summed E-state index contributed by atoms with van der Waals surface area (Å²) in [5, 5.41) is 9.42. The van der Waals surface area contributed by atoms with Gasteiger partial charge < -0.3 is 14.7 Å². The Balaban J connectivity index is 2.11. The van der Waals surface area contributed by atoms with E-state index < -0.39 is 0 Å². The molecule has 15 heavy (non-hydrogen) atoms. The number of carbonyl (C=O) groups excluding carboxylic acids is 1. The minimum absolute atomic E-state index is 0.138. The fraction of sp³-hybridized carbons (Fsp3) is 0.909. The van der Waals surface area contributed by atoms with E-state index in [1.807, 2.05) is 6.92 Å². The first kappa shape index (κ1) is 12.5. The van der Waals surface area contributed by atoms with Crippen molar-refractivity contribution < 1.29 is 14.6 Å². The SMILES string of the molecule is COC(=O)CCCN1CCC(C(C)O)C1. The Bertz CT molecular complexity index is 206. The molecule has 4 nitrogen and oxygen atoms in total.